The van der Waals surface area contributed by atoms with E-state index in [0.29, 0.717) is 18.6 Å². The van der Waals surface area contributed by atoms with Gasteiger partial charge in [0.1, 0.15) is 30.2 Å². The first-order chi connectivity index (χ1) is 31.0. The second-order valence-corrected chi connectivity index (χ2v) is 18.5. The fraction of sp³-hybridized carbons (Fsp3) is 0.807. The zero-order chi connectivity index (χ0) is 45.9. The van der Waals surface area contributed by atoms with E-state index in [-0.39, 0.29) is 12.4 Å². The highest BCUT2D eigenvalue weighted by atomic mass is 16.5. The molecule has 366 valence electrons. The number of ketones is 2. The van der Waals surface area contributed by atoms with Gasteiger partial charge in [-0.05, 0) is 109 Å². The van der Waals surface area contributed by atoms with E-state index in [1.165, 1.54) is 135 Å². The normalized spacial score (nSPS) is 13.0. The van der Waals surface area contributed by atoms with Crippen molar-refractivity contribution in [2.45, 2.75) is 277 Å². The molecule has 0 aromatic rings. The van der Waals surface area contributed by atoms with Crippen LogP contribution in [0.4, 0.5) is 0 Å². The average Bonchev–Trinajstić information content (AvgIpc) is 3.28. The summed E-state index contributed by atoms with van der Waals surface area (Å²) in [5.74, 6) is -0.934. The molecule has 0 aromatic carbocycles. The molecule has 0 radical (unpaired) electrons. The molecular formula is C57H102O6. The molecule has 0 aliphatic rings. The molecule has 0 saturated heterocycles. The highest BCUT2D eigenvalue weighted by molar-refractivity contribution is 5.98. The van der Waals surface area contributed by atoms with Crippen LogP contribution in [0, 0.1) is 5.92 Å². The second kappa shape index (κ2) is 50.7. The van der Waals surface area contributed by atoms with E-state index >= 15 is 0 Å². The summed E-state index contributed by atoms with van der Waals surface area (Å²) in [5.41, 5.74) is 0. The van der Waals surface area contributed by atoms with Crippen LogP contribution >= 0.6 is 0 Å². The minimum Gasteiger partial charge on any atom is -0.462 e. The van der Waals surface area contributed by atoms with E-state index in [0.717, 1.165) is 109 Å². The molecule has 63 heavy (non-hydrogen) atoms. The molecular weight excluding hydrogens is 781 g/mol. The molecule has 0 amide bonds. The third kappa shape index (κ3) is 46.0. The molecule has 2 unspecified atom stereocenters. The Morgan fingerprint density at radius 1 is 0.429 bits per heavy atom. The first-order valence-electron chi connectivity index (χ1n) is 27.1. The van der Waals surface area contributed by atoms with Gasteiger partial charge in [0.05, 0.1) is 6.61 Å². The van der Waals surface area contributed by atoms with Gasteiger partial charge >= 0.3 is 5.97 Å². The number of aliphatic hydroxyl groups excluding tert-OH is 2. The van der Waals surface area contributed by atoms with E-state index < -0.39 is 24.6 Å². The number of allylic oxidation sites excluding steroid dienone is 8. The molecule has 2 atom stereocenters. The SMILES string of the molecule is CCCCCC=CCC=CCCCCCCCC(=O)C(CCCCCCC=CCCCCCCCCC(=O)CCCCCCCC=CCCCCCCCC)C(=O)OCC(O)CO. The van der Waals surface area contributed by atoms with Crippen molar-refractivity contribution in [3.05, 3.63) is 48.6 Å². The largest absolute Gasteiger partial charge is 0.462 e. The summed E-state index contributed by atoms with van der Waals surface area (Å²) in [7, 11) is 0. The number of hydrogen-bond acceptors (Lipinski definition) is 6. The number of carbonyl (C=O) groups is 3. The van der Waals surface area contributed by atoms with E-state index in [2.05, 4.69) is 62.5 Å². The minimum atomic E-state index is -1.12. The van der Waals surface area contributed by atoms with E-state index in [1.807, 2.05) is 0 Å². The van der Waals surface area contributed by atoms with Gasteiger partial charge in [0.25, 0.3) is 0 Å². The zero-order valence-corrected chi connectivity index (χ0v) is 41.5. The Morgan fingerprint density at radius 2 is 0.762 bits per heavy atom. The maximum Gasteiger partial charge on any atom is 0.316 e. The van der Waals surface area contributed by atoms with Gasteiger partial charge in [-0.1, -0.05) is 191 Å². The van der Waals surface area contributed by atoms with Gasteiger partial charge in [0.15, 0.2) is 0 Å². The lowest BCUT2D eigenvalue weighted by Crippen LogP contribution is -2.30. The fourth-order valence-corrected chi connectivity index (χ4v) is 8.04. The van der Waals surface area contributed by atoms with Crippen LogP contribution in [0.15, 0.2) is 48.6 Å². The van der Waals surface area contributed by atoms with Gasteiger partial charge in [-0.25, -0.2) is 0 Å². The van der Waals surface area contributed by atoms with Crippen LogP contribution in [-0.2, 0) is 19.1 Å². The highest BCUT2D eigenvalue weighted by Crippen LogP contribution is 2.19. The number of hydrogen-bond donors (Lipinski definition) is 2. The Kier molecular flexibility index (Phi) is 48.8. The van der Waals surface area contributed by atoms with E-state index in [4.69, 9.17) is 9.84 Å². The van der Waals surface area contributed by atoms with Crippen molar-refractivity contribution in [3.63, 3.8) is 0 Å². The van der Waals surface area contributed by atoms with Crippen LogP contribution < -0.4 is 0 Å². The highest BCUT2D eigenvalue weighted by Gasteiger charge is 2.27. The fourth-order valence-electron chi connectivity index (χ4n) is 8.04. The smallest absolute Gasteiger partial charge is 0.316 e. The standard InChI is InChI=1S/C57H102O6/c1-3-5-7-9-11-13-15-17-19-23-27-31-35-39-43-47-53(59)48-44-40-36-32-28-24-21-22-25-29-33-37-41-45-49-55(57(62)63-52-54(60)51-58)56(61)50-46-42-38-34-30-26-20-18-16-14-12-10-8-6-4-2/h12,14,17-20,22,25,54-55,58,60H,3-11,13,15-16,21,23-24,26-52H2,1-2H3. The lowest BCUT2D eigenvalue weighted by molar-refractivity contribution is -0.155. The second-order valence-electron chi connectivity index (χ2n) is 18.5. The molecule has 0 aromatic heterocycles. The number of ether oxygens (including phenoxy) is 1. The van der Waals surface area contributed by atoms with Gasteiger partial charge in [-0.2, -0.15) is 0 Å². The van der Waals surface area contributed by atoms with Crippen LogP contribution in [-0.4, -0.2) is 47.1 Å². The van der Waals surface area contributed by atoms with Crippen molar-refractivity contribution in [3.8, 4) is 0 Å². The lowest BCUT2D eigenvalue weighted by atomic mass is 9.93. The van der Waals surface area contributed by atoms with Crippen LogP contribution in [0.2, 0.25) is 0 Å². The molecule has 0 rings (SSSR count). The Labute approximate surface area is 390 Å². The van der Waals surface area contributed by atoms with Crippen LogP contribution in [0.3, 0.4) is 0 Å². The molecule has 6 nitrogen and oxygen atoms in total. The predicted molar refractivity (Wildman–Crippen MR) is 270 cm³/mol. The Bertz CT molecular complexity index is 1120. The average molecular weight is 883 g/mol. The van der Waals surface area contributed by atoms with Crippen molar-refractivity contribution in [2.24, 2.45) is 5.92 Å². The Hall–Kier alpha value is -2.31. The third-order valence-corrected chi connectivity index (χ3v) is 12.2. The summed E-state index contributed by atoms with van der Waals surface area (Å²) in [5, 5.41) is 18.8. The minimum absolute atomic E-state index is 0.0542. The van der Waals surface area contributed by atoms with E-state index in [1.54, 1.807) is 0 Å². The summed E-state index contributed by atoms with van der Waals surface area (Å²) < 4.78 is 5.23. The van der Waals surface area contributed by atoms with Gasteiger partial charge in [0.2, 0.25) is 0 Å². The predicted octanol–water partition coefficient (Wildman–Crippen LogP) is 16.5. The van der Waals surface area contributed by atoms with Crippen LogP contribution in [0.1, 0.15) is 271 Å². The third-order valence-electron chi connectivity index (χ3n) is 12.2. The number of unbranched alkanes of at least 4 members (excludes halogenated alkanes) is 29. The number of carbonyl (C=O) groups excluding carboxylic acids is 3. The number of rotatable bonds is 50. The summed E-state index contributed by atoms with van der Waals surface area (Å²) in [6.07, 6.45) is 62.2. The summed E-state index contributed by atoms with van der Waals surface area (Å²) in [6.45, 7) is 3.75. The Balaban J connectivity index is 3.88. The summed E-state index contributed by atoms with van der Waals surface area (Å²) in [4.78, 5) is 38.2. The van der Waals surface area contributed by atoms with Gasteiger partial charge in [0, 0.05) is 19.3 Å². The Morgan fingerprint density at radius 3 is 1.19 bits per heavy atom. The van der Waals surface area contributed by atoms with Gasteiger partial charge < -0.3 is 14.9 Å². The van der Waals surface area contributed by atoms with Gasteiger partial charge in [-0.3, -0.25) is 14.4 Å². The first kappa shape index (κ1) is 60.7. The van der Waals surface area contributed by atoms with Crippen LogP contribution in [0.25, 0.3) is 0 Å². The number of esters is 1. The van der Waals surface area contributed by atoms with Crippen molar-refractivity contribution >= 4 is 17.5 Å². The maximum atomic E-state index is 13.1. The summed E-state index contributed by atoms with van der Waals surface area (Å²) >= 11 is 0. The number of aliphatic hydroxyl groups is 2. The molecule has 0 heterocycles. The van der Waals surface area contributed by atoms with Crippen molar-refractivity contribution < 1.29 is 29.3 Å². The van der Waals surface area contributed by atoms with Crippen molar-refractivity contribution in [1.29, 1.82) is 0 Å². The number of Topliss-reactive ketones (excluding diaryl/α,β-unsaturated/α-hetero) is 2. The summed E-state index contributed by atoms with van der Waals surface area (Å²) in [6, 6.07) is 0. The topological polar surface area (TPSA) is 101 Å². The molecule has 0 fully saturated rings. The first-order valence-corrected chi connectivity index (χ1v) is 27.1. The zero-order valence-electron chi connectivity index (χ0n) is 41.5. The molecule has 0 bridgehead atoms. The molecule has 0 spiro atoms. The molecule has 0 aliphatic heterocycles. The quantitative estimate of drug-likeness (QED) is 0.0273. The lowest BCUT2D eigenvalue weighted by Gasteiger charge is -2.16. The molecule has 2 N–H and O–H groups in total. The van der Waals surface area contributed by atoms with E-state index in [9.17, 15) is 19.5 Å². The van der Waals surface area contributed by atoms with Crippen molar-refractivity contribution in [2.75, 3.05) is 13.2 Å². The molecule has 6 heteroatoms. The van der Waals surface area contributed by atoms with Crippen LogP contribution in [0.5, 0.6) is 0 Å². The molecule has 0 aliphatic carbocycles. The monoisotopic (exact) mass is 883 g/mol. The maximum absolute atomic E-state index is 13.1. The van der Waals surface area contributed by atoms with Gasteiger partial charge in [-0.15, -0.1) is 0 Å². The van der Waals surface area contributed by atoms with Crippen molar-refractivity contribution in [1.82, 2.24) is 0 Å². The molecule has 0 saturated carbocycles.